The molecule has 0 aliphatic carbocycles. The Morgan fingerprint density at radius 1 is 1.09 bits per heavy atom. The molecule has 114 valence electrons. The first kappa shape index (κ1) is 14.4. The van der Waals surface area contributed by atoms with Crippen LogP contribution >= 0.6 is 0 Å². The number of rotatable bonds is 4. The monoisotopic (exact) mass is 298 g/mol. The highest BCUT2D eigenvalue weighted by Crippen LogP contribution is 2.36. The van der Waals surface area contributed by atoms with Gasteiger partial charge in [0.15, 0.2) is 11.5 Å². The first-order chi connectivity index (χ1) is 10.6. The Kier molecular flexibility index (Phi) is 4.00. The lowest BCUT2D eigenvalue weighted by atomic mass is 9.87. The van der Waals surface area contributed by atoms with E-state index in [1.165, 1.54) is 0 Å². The lowest BCUT2D eigenvalue weighted by Gasteiger charge is -2.22. The van der Waals surface area contributed by atoms with E-state index in [2.05, 4.69) is 0 Å². The molecule has 1 aliphatic rings. The number of aryl methyl sites for hydroxylation is 1. The number of carboxylic acids is 1. The topological polar surface area (TPSA) is 55.8 Å². The van der Waals surface area contributed by atoms with Gasteiger partial charge in [0, 0.05) is 5.92 Å². The van der Waals surface area contributed by atoms with Gasteiger partial charge < -0.3 is 14.6 Å². The summed E-state index contributed by atoms with van der Waals surface area (Å²) in [5, 5.41) is 9.26. The normalized spacial score (nSPS) is 14.4. The van der Waals surface area contributed by atoms with Gasteiger partial charge in [-0.15, -0.1) is 0 Å². The minimum atomic E-state index is -0.818. The number of carboxylic acid groups (broad SMARTS) is 1. The first-order valence-corrected chi connectivity index (χ1v) is 7.31. The SMILES string of the molecule is Cc1cccc(C(CC(=O)O)c2ccc3c(c2)OCCO3)c1. The third-order valence-electron chi connectivity index (χ3n) is 3.79. The molecule has 0 saturated heterocycles. The minimum Gasteiger partial charge on any atom is -0.486 e. The third kappa shape index (κ3) is 3.06. The number of hydrogen-bond acceptors (Lipinski definition) is 3. The van der Waals surface area contributed by atoms with Gasteiger partial charge in [0.2, 0.25) is 0 Å². The van der Waals surface area contributed by atoms with Crippen molar-refractivity contribution in [1.82, 2.24) is 0 Å². The summed E-state index contributed by atoms with van der Waals surface area (Å²) in [7, 11) is 0. The molecule has 22 heavy (non-hydrogen) atoms. The maximum atomic E-state index is 11.3. The average molecular weight is 298 g/mol. The molecule has 2 aromatic rings. The van der Waals surface area contributed by atoms with Crippen molar-refractivity contribution < 1.29 is 19.4 Å². The molecule has 0 fully saturated rings. The molecule has 3 rings (SSSR count). The standard InChI is InChI=1S/C18H18O4/c1-12-3-2-4-13(9-12)15(11-18(19)20)14-5-6-16-17(10-14)22-8-7-21-16/h2-6,9-10,15H,7-8,11H2,1H3,(H,19,20). The molecule has 0 aromatic heterocycles. The second-order valence-corrected chi connectivity index (χ2v) is 5.47. The van der Waals surface area contributed by atoms with Gasteiger partial charge in [-0.3, -0.25) is 4.79 Å². The fraction of sp³-hybridized carbons (Fsp3) is 0.278. The Morgan fingerprint density at radius 2 is 1.82 bits per heavy atom. The van der Waals surface area contributed by atoms with Gasteiger partial charge in [-0.1, -0.05) is 35.9 Å². The molecule has 0 amide bonds. The van der Waals surface area contributed by atoms with Gasteiger partial charge in [-0.05, 0) is 30.2 Å². The lowest BCUT2D eigenvalue weighted by Crippen LogP contribution is -2.16. The Hall–Kier alpha value is -2.49. The highest BCUT2D eigenvalue weighted by Gasteiger charge is 2.21. The fourth-order valence-electron chi connectivity index (χ4n) is 2.77. The van der Waals surface area contributed by atoms with Crippen molar-refractivity contribution in [2.75, 3.05) is 13.2 Å². The van der Waals surface area contributed by atoms with E-state index < -0.39 is 5.97 Å². The number of fused-ring (bicyclic) bond motifs is 1. The molecular formula is C18H18O4. The Bertz CT molecular complexity index is 693. The molecule has 1 atom stereocenters. The van der Waals surface area contributed by atoms with Crippen molar-refractivity contribution >= 4 is 5.97 Å². The number of aliphatic carboxylic acids is 1. The van der Waals surface area contributed by atoms with Gasteiger partial charge in [0.1, 0.15) is 13.2 Å². The number of benzene rings is 2. The maximum absolute atomic E-state index is 11.3. The molecule has 0 bridgehead atoms. The van der Waals surface area contributed by atoms with Crippen molar-refractivity contribution in [3.63, 3.8) is 0 Å². The number of ether oxygens (including phenoxy) is 2. The number of hydrogen-bond donors (Lipinski definition) is 1. The summed E-state index contributed by atoms with van der Waals surface area (Å²) < 4.78 is 11.1. The van der Waals surface area contributed by atoms with Crippen LogP contribution < -0.4 is 9.47 Å². The summed E-state index contributed by atoms with van der Waals surface area (Å²) in [6.45, 7) is 3.07. The molecule has 1 N–H and O–H groups in total. The predicted octanol–water partition coefficient (Wildman–Crippen LogP) is 3.37. The third-order valence-corrected chi connectivity index (χ3v) is 3.79. The summed E-state index contributed by atoms with van der Waals surface area (Å²) in [4.78, 5) is 11.3. The van der Waals surface area contributed by atoms with Crippen molar-refractivity contribution in [2.24, 2.45) is 0 Å². The van der Waals surface area contributed by atoms with Crippen LogP contribution in [0.3, 0.4) is 0 Å². The van der Waals surface area contributed by atoms with Crippen LogP contribution in [0.15, 0.2) is 42.5 Å². The van der Waals surface area contributed by atoms with E-state index in [1.54, 1.807) is 0 Å². The van der Waals surface area contributed by atoms with Crippen LogP contribution in [0.4, 0.5) is 0 Å². The van der Waals surface area contributed by atoms with Crippen LogP contribution in [-0.4, -0.2) is 24.3 Å². The average Bonchev–Trinajstić information content (AvgIpc) is 2.52. The molecule has 2 aromatic carbocycles. The molecule has 4 heteroatoms. The van der Waals surface area contributed by atoms with Gasteiger partial charge in [-0.25, -0.2) is 0 Å². The van der Waals surface area contributed by atoms with Crippen LogP contribution in [0.5, 0.6) is 11.5 Å². The molecule has 4 nitrogen and oxygen atoms in total. The predicted molar refractivity (Wildman–Crippen MR) is 82.7 cm³/mol. The smallest absolute Gasteiger partial charge is 0.304 e. The quantitative estimate of drug-likeness (QED) is 0.940. The largest absolute Gasteiger partial charge is 0.486 e. The maximum Gasteiger partial charge on any atom is 0.304 e. The molecule has 1 heterocycles. The van der Waals surface area contributed by atoms with Crippen LogP contribution in [-0.2, 0) is 4.79 Å². The molecular weight excluding hydrogens is 280 g/mol. The molecule has 0 radical (unpaired) electrons. The van der Waals surface area contributed by atoms with E-state index in [4.69, 9.17) is 9.47 Å². The summed E-state index contributed by atoms with van der Waals surface area (Å²) in [5.74, 6) is 0.384. The lowest BCUT2D eigenvalue weighted by molar-refractivity contribution is -0.137. The number of carbonyl (C=O) groups is 1. The van der Waals surface area contributed by atoms with E-state index in [1.807, 2.05) is 49.4 Å². The van der Waals surface area contributed by atoms with Gasteiger partial charge >= 0.3 is 5.97 Å². The van der Waals surface area contributed by atoms with E-state index in [-0.39, 0.29) is 12.3 Å². The van der Waals surface area contributed by atoms with Gasteiger partial charge in [0.25, 0.3) is 0 Å². The van der Waals surface area contributed by atoms with Gasteiger partial charge in [0.05, 0.1) is 6.42 Å². The minimum absolute atomic E-state index is 0.0447. The summed E-state index contributed by atoms with van der Waals surface area (Å²) in [6, 6.07) is 13.6. The summed E-state index contributed by atoms with van der Waals surface area (Å²) in [6.07, 6.45) is 0.0447. The Morgan fingerprint density at radius 3 is 2.55 bits per heavy atom. The Labute approximate surface area is 129 Å². The highest BCUT2D eigenvalue weighted by atomic mass is 16.6. The first-order valence-electron chi connectivity index (χ1n) is 7.31. The fourth-order valence-corrected chi connectivity index (χ4v) is 2.77. The van der Waals surface area contributed by atoms with Crippen molar-refractivity contribution in [2.45, 2.75) is 19.3 Å². The summed E-state index contributed by atoms with van der Waals surface area (Å²) >= 11 is 0. The van der Waals surface area contributed by atoms with E-state index in [9.17, 15) is 9.90 Å². The van der Waals surface area contributed by atoms with E-state index in [0.29, 0.717) is 24.7 Å². The zero-order chi connectivity index (χ0) is 15.5. The zero-order valence-electron chi connectivity index (χ0n) is 12.4. The van der Waals surface area contributed by atoms with Crippen LogP contribution in [0.2, 0.25) is 0 Å². The van der Waals surface area contributed by atoms with E-state index in [0.717, 1.165) is 16.7 Å². The van der Waals surface area contributed by atoms with E-state index >= 15 is 0 Å². The molecule has 1 unspecified atom stereocenters. The van der Waals surface area contributed by atoms with Crippen LogP contribution in [0.1, 0.15) is 29.0 Å². The van der Waals surface area contributed by atoms with Crippen LogP contribution in [0, 0.1) is 6.92 Å². The molecule has 0 spiro atoms. The van der Waals surface area contributed by atoms with Crippen LogP contribution in [0.25, 0.3) is 0 Å². The highest BCUT2D eigenvalue weighted by molar-refractivity contribution is 5.69. The second kappa shape index (κ2) is 6.10. The Balaban J connectivity index is 2.00. The van der Waals surface area contributed by atoms with Crippen molar-refractivity contribution in [3.05, 3.63) is 59.2 Å². The van der Waals surface area contributed by atoms with Crippen molar-refractivity contribution in [1.29, 1.82) is 0 Å². The van der Waals surface area contributed by atoms with Crippen molar-refractivity contribution in [3.8, 4) is 11.5 Å². The van der Waals surface area contributed by atoms with Gasteiger partial charge in [-0.2, -0.15) is 0 Å². The summed E-state index contributed by atoms with van der Waals surface area (Å²) in [5.41, 5.74) is 3.04. The zero-order valence-corrected chi connectivity index (χ0v) is 12.4. The molecule has 0 saturated carbocycles. The second-order valence-electron chi connectivity index (χ2n) is 5.47. The molecule has 1 aliphatic heterocycles.